The number of thioether (sulfide) groups is 1. The number of nitrogens with one attached hydrogen (secondary N) is 1. The van der Waals surface area contributed by atoms with Gasteiger partial charge in [-0.2, -0.15) is 11.8 Å². The van der Waals surface area contributed by atoms with Crippen molar-refractivity contribution in [1.29, 1.82) is 0 Å². The molecule has 3 rings (SSSR count). The summed E-state index contributed by atoms with van der Waals surface area (Å²) in [7, 11) is 0. The van der Waals surface area contributed by atoms with Crippen molar-refractivity contribution >= 4 is 33.3 Å². The van der Waals surface area contributed by atoms with E-state index < -0.39 is 0 Å². The highest BCUT2D eigenvalue weighted by Gasteiger charge is 2.25. The Hall–Kier alpha value is -0.580. The number of hydrogen-bond donors (Lipinski definition) is 1. The van der Waals surface area contributed by atoms with Gasteiger partial charge in [-0.3, -0.25) is 4.98 Å². The first kappa shape index (κ1) is 14.4. The van der Waals surface area contributed by atoms with Gasteiger partial charge < -0.3 is 5.32 Å². The topological polar surface area (TPSA) is 24.9 Å². The largest absolute Gasteiger partial charge is 0.306 e. The molecule has 0 aliphatic heterocycles. The maximum absolute atomic E-state index is 4.56. The van der Waals surface area contributed by atoms with Crippen molar-refractivity contribution < 1.29 is 0 Å². The van der Waals surface area contributed by atoms with E-state index in [0.29, 0.717) is 12.1 Å². The van der Waals surface area contributed by atoms with Crippen LogP contribution < -0.4 is 5.32 Å². The fraction of sp³-hybridized carbons (Fsp3) is 0.562. The zero-order chi connectivity index (χ0) is 13.9. The van der Waals surface area contributed by atoms with Crippen molar-refractivity contribution in [2.24, 2.45) is 0 Å². The monoisotopic (exact) mass is 306 g/mol. The molecule has 2 nitrogen and oxygen atoms in total. The summed E-state index contributed by atoms with van der Waals surface area (Å²) in [5.74, 6) is 0. The molecule has 0 bridgehead atoms. The molecule has 3 unspecified atom stereocenters. The Kier molecular flexibility index (Phi) is 4.64. The van der Waals surface area contributed by atoms with Crippen molar-refractivity contribution in [3.8, 4) is 0 Å². The third-order valence-corrected chi connectivity index (χ3v) is 6.32. The van der Waals surface area contributed by atoms with E-state index in [1.165, 1.54) is 35.9 Å². The highest BCUT2D eigenvalue weighted by atomic mass is 32.2. The molecule has 2 aromatic rings. The fourth-order valence-corrected chi connectivity index (χ4v) is 4.82. The molecule has 0 spiro atoms. The van der Waals surface area contributed by atoms with Gasteiger partial charge in [0.25, 0.3) is 0 Å². The molecule has 0 saturated heterocycles. The summed E-state index contributed by atoms with van der Waals surface area (Å²) >= 11 is 3.79. The molecule has 0 radical (unpaired) electrons. The van der Waals surface area contributed by atoms with Crippen LogP contribution in [0.3, 0.4) is 0 Å². The maximum atomic E-state index is 4.56. The van der Waals surface area contributed by atoms with Gasteiger partial charge in [-0.1, -0.05) is 12.8 Å². The van der Waals surface area contributed by atoms with E-state index in [4.69, 9.17) is 0 Å². The minimum Gasteiger partial charge on any atom is -0.306 e. The van der Waals surface area contributed by atoms with Gasteiger partial charge in [0.2, 0.25) is 0 Å². The van der Waals surface area contributed by atoms with Gasteiger partial charge in [0, 0.05) is 23.5 Å². The first-order valence-electron chi connectivity index (χ1n) is 7.40. The van der Waals surface area contributed by atoms with Crippen molar-refractivity contribution in [1.82, 2.24) is 10.3 Å². The van der Waals surface area contributed by atoms with E-state index >= 15 is 0 Å². The molecule has 2 heterocycles. The van der Waals surface area contributed by atoms with E-state index in [0.717, 1.165) is 10.8 Å². The molecule has 3 atom stereocenters. The molecule has 2 aromatic heterocycles. The molecule has 1 aliphatic rings. The Morgan fingerprint density at radius 3 is 3.10 bits per heavy atom. The van der Waals surface area contributed by atoms with Gasteiger partial charge in [0.15, 0.2) is 0 Å². The molecule has 1 saturated carbocycles. The standard InChI is InChI=1S/C16H22N2S2/c1-11(18-14-5-3-4-6-15(14)19-2)12-9-16-13(17-10-12)7-8-20-16/h7-11,14-15,18H,3-6H2,1-2H3. The van der Waals surface area contributed by atoms with Gasteiger partial charge >= 0.3 is 0 Å². The minimum atomic E-state index is 0.381. The van der Waals surface area contributed by atoms with Crippen LogP contribution in [-0.4, -0.2) is 22.5 Å². The summed E-state index contributed by atoms with van der Waals surface area (Å²) in [5, 5.41) is 6.72. The predicted molar refractivity (Wildman–Crippen MR) is 90.7 cm³/mol. The number of fused-ring (bicyclic) bond motifs is 1. The lowest BCUT2D eigenvalue weighted by molar-refractivity contribution is 0.356. The number of pyridine rings is 1. The average Bonchev–Trinajstić information content (AvgIpc) is 2.95. The van der Waals surface area contributed by atoms with Crippen LogP contribution in [0.5, 0.6) is 0 Å². The number of rotatable bonds is 4. The lowest BCUT2D eigenvalue weighted by atomic mass is 9.93. The van der Waals surface area contributed by atoms with Crippen LogP contribution in [0.1, 0.15) is 44.2 Å². The van der Waals surface area contributed by atoms with Gasteiger partial charge in [-0.05, 0) is 49.1 Å². The average molecular weight is 307 g/mol. The molecule has 1 aliphatic carbocycles. The van der Waals surface area contributed by atoms with E-state index in [-0.39, 0.29) is 0 Å². The fourth-order valence-electron chi connectivity index (χ4n) is 3.09. The highest BCUT2D eigenvalue weighted by Crippen LogP contribution is 2.29. The van der Waals surface area contributed by atoms with Crippen LogP contribution in [-0.2, 0) is 0 Å². The van der Waals surface area contributed by atoms with E-state index in [1.54, 1.807) is 11.3 Å². The summed E-state index contributed by atoms with van der Waals surface area (Å²) in [5.41, 5.74) is 2.43. The van der Waals surface area contributed by atoms with E-state index in [1.807, 2.05) is 18.0 Å². The molecule has 1 fully saturated rings. The second-order valence-corrected chi connectivity index (χ2v) is 7.65. The molecule has 0 amide bonds. The Labute approximate surface area is 129 Å². The highest BCUT2D eigenvalue weighted by molar-refractivity contribution is 7.99. The van der Waals surface area contributed by atoms with Crippen LogP contribution in [0.15, 0.2) is 23.7 Å². The quantitative estimate of drug-likeness (QED) is 0.892. The molecule has 4 heteroatoms. The van der Waals surface area contributed by atoms with E-state index in [9.17, 15) is 0 Å². The first-order valence-corrected chi connectivity index (χ1v) is 9.56. The smallest absolute Gasteiger partial charge is 0.0809 e. The number of thiophene rings is 1. The van der Waals surface area contributed by atoms with Crippen LogP contribution in [0, 0.1) is 0 Å². The molecule has 0 aromatic carbocycles. The summed E-state index contributed by atoms with van der Waals surface area (Å²) in [4.78, 5) is 4.56. The Bertz CT molecular complexity index is 566. The SMILES string of the molecule is CSC1CCCCC1NC(C)c1cnc2ccsc2c1. The first-order chi connectivity index (χ1) is 9.78. The Balaban J connectivity index is 1.72. The number of aromatic nitrogens is 1. The van der Waals surface area contributed by atoms with Gasteiger partial charge in [0.1, 0.15) is 0 Å². The van der Waals surface area contributed by atoms with Crippen molar-refractivity contribution in [2.75, 3.05) is 6.26 Å². The maximum Gasteiger partial charge on any atom is 0.0809 e. The van der Waals surface area contributed by atoms with Crippen LogP contribution in [0.4, 0.5) is 0 Å². The molecule has 1 N–H and O–H groups in total. The van der Waals surface area contributed by atoms with Crippen molar-refractivity contribution in [3.05, 3.63) is 29.3 Å². The van der Waals surface area contributed by atoms with E-state index in [2.05, 4.69) is 41.0 Å². The van der Waals surface area contributed by atoms with Crippen LogP contribution in [0.2, 0.25) is 0 Å². The lowest BCUT2D eigenvalue weighted by Crippen LogP contribution is -2.41. The normalized spacial score (nSPS) is 24.9. The molecular formula is C16H22N2S2. The lowest BCUT2D eigenvalue weighted by Gasteiger charge is -2.33. The van der Waals surface area contributed by atoms with Gasteiger partial charge in [0.05, 0.1) is 10.2 Å². The van der Waals surface area contributed by atoms with Crippen LogP contribution in [0.25, 0.3) is 10.2 Å². The Morgan fingerprint density at radius 1 is 1.40 bits per heavy atom. The van der Waals surface area contributed by atoms with Crippen molar-refractivity contribution in [3.63, 3.8) is 0 Å². The minimum absolute atomic E-state index is 0.381. The van der Waals surface area contributed by atoms with Gasteiger partial charge in [-0.15, -0.1) is 11.3 Å². The third-order valence-electron chi connectivity index (χ3n) is 4.29. The van der Waals surface area contributed by atoms with Gasteiger partial charge in [-0.25, -0.2) is 0 Å². The predicted octanol–water partition coefficient (Wildman–Crippen LogP) is 4.62. The third kappa shape index (κ3) is 3.02. The number of nitrogens with zero attached hydrogens (tertiary/aromatic N) is 1. The number of hydrogen-bond acceptors (Lipinski definition) is 4. The summed E-state index contributed by atoms with van der Waals surface area (Å²) in [6, 6.07) is 5.41. The summed E-state index contributed by atoms with van der Waals surface area (Å²) in [6.07, 6.45) is 9.70. The second-order valence-electron chi connectivity index (χ2n) is 5.63. The summed E-state index contributed by atoms with van der Waals surface area (Å²) in [6.45, 7) is 2.27. The van der Waals surface area contributed by atoms with Crippen molar-refractivity contribution in [2.45, 2.75) is 49.9 Å². The Morgan fingerprint density at radius 2 is 2.25 bits per heavy atom. The molecule has 20 heavy (non-hydrogen) atoms. The summed E-state index contributed by atoms with van der Waals surface area (Å²) < 4.78 is 1.29. The molecule has 108 valence electrons. The zero-order valence-corrected chi connectivity index (χ0v) is 13.8. The van der Waals surface area contributed by atoms with Crippen LogP contribution >= 0.6 is 23.1 Å². The second kappa shape index (κ2) is 6.46. The molecular weight excluding hydrogens is 284 g/mol. The zero-order valence-electron chi connectivity index (χ0n) is 12.1.